The van der Waals surface area contributed by atoms with E-state index >= 15 is 0 Å². The Morgan fingerprint density at radius 1 is 1.41 bits per heavy atom. The zero-order valence-electron chi connectivity index (χ0n) is 12.8. The Bertz CT molecular complexity index is 620. The molecule has 2 fully saturated rings. The summed E-state index contributed by atoms with van der Waals surface area (Å²) in [6, 6.07) is 1.98. The fourth-order valence-electron chi connectivity index (χ4n) is 4.61. The number of hydrogen-bond acceptors (Lipinski definition) is 4. The molecule has 3 atom stereocenters. The molecule has 1 amide bonds. The molecule has 2 saturated heterocycles. The topological polar surface area (TPSA) is 71.9 Å². The second kappa shape index (κ2) is 4.43. The molecule has 0 radical (unpaired) electrons. The van der Waals surface area contributed by atoms with Crippen LogP contribution in [0.15, 0.2) is 18.5 Å². The monoisotopic (exact) mass is 304 g/mol. The molecule has 22 heavy (non-hydrogen) atoms. The van der Waals surface area contributed by atoms with Crippen LogP contribution in [-0.2, 0) is 20.9 Å². The van der Waals surface area contributed by atoms with Gasteiger partial charge in [0.1, 0.15) is 5.60 Å². The number of piperidine rings is 1. The zero-order chi connectivity index (χ0) is 15.5. The smallest absolute Gasteiger partial charge is 0.407 e. The van der Waals surface area contributed by atoms with Crippen LogP contribution in [0.25, 0.3) is 0 Å². The van der Waals surface area contributed by atoms with Crippen LogP contribution in [0.4, 0.5) is 4.79 Å². The van der Waals surface area contributed by atoms with Crippen molar-refractivity contribution in [2.24, 2.45) is 0 Å². The highest BCUT2D eigenvalue weighted by atomic mass is 16.7. The number of fused-ring (bicyclic) bond motifs is 4. The first-order valence-electron chi connectivity index (χ1n) is 7.71. The van der Waals surface area contributed by atoms with Crippen LogP contribution in [0.1, 0.15) is 43.7 Å². The minimum absolute atomic E-state index is 0.0171. The largest absolute Gasteiger partial charge is 0.465 e. The van der Waals surface area contributed by atoms with Crippen molar-refractivity contribution in [3.05, 3.63) is 29.6 Å². The number of carbonyl (C=O) groups is 1. The van der Waals surface area contributed by atoms with E-state index in [1.807, 2.05) is 19.2 Å². The summed E-state index contributed by atoms with van der Waals surface area (Å²) < 4.78 is 12.1. The quantitative estimate of drug-likeness (QED) is 0.862. The molecule has 0 saturated carbocycles. The van der Waals surface area contributed by atoms with E-state index < -0.39 is 17.5 Å². The number of hydrogen-bond donors (Lipinski definition) is 1. The van der Waals surface area contributed by atoms with Crippen molar-refractivity contribution >= 4 is 6.09 Å². The van der Waals surface area contributed by atoms with Crippen LogP contribution in [0.2, 0.25) is 0 Å². The van der Waals surface area contributed by atoms with Gasteiger partial charge in [-0.3, -0.25) is 4.98 Å². The summed E-state index contributed by atoms with van der Waals surface area (Å²) in [5.74, 6) is -0.789. The van der Waals surface area contributed by atoms with Gasteiger partial charge >= 0.3 is 6.09 Å². The van der Waals surface area contributed by atoms with Crippen molar-refractivity contribution in [1.82, 2.24) is 9.88 Å². The lowest BCUT2D eigenvalue weighted by Gasteiger charge is -2.44. The number of amides is 1. The summed E-state index contributed by atoms with van der Waals surface area (Å²) >= 11 is 0. The van der Waals surface area contributed by atoms with Gasteiger partial charge in [-0.2, -0.15) is 0 Å². The summed E-state index contributed by atoms with van der Waals surface area (Å²) in [5, 5.41) is 9.44. The Morgan fingerprint density at radius 3 is 2.68 bits per heavy atom. The third kappa shape index (κ3) is 1.68. The van der Waals surface area contributed by atoms with Crippen LogP contribution >= 0.6 is 0 Å². The van der Waals surface area contributed by atoms with E-state index in [0.717, 1.165) is 24.0 Å². The zero-order valence-corrected chi connectivity index (χ0v) is 12.8. The van der Waals surface area contributed by atoms with E-state index in [9.17, 15) is 9.90 Å². The molecule has 3 aliphatic rings. The van der Waals surface area contributed by atoms with Crippen molar-refractivity contribution in [3.8, 4) is 0 Å². The number of methoxy groups -OCH3 is 1. The predicted molar refractivity (Wildman–Crippen MR) is 77.3 cm³/mol. The molecule has 1 spiro atoms. The average Bonchev–Trinajstić information content (AvgIpc) is 2.92. The molecule has 118 valence electrons. The molecule has 6 nitrogen and oxygen atoms in total. The van der Waals surface area contributed by atoms with Gasteiger partial charge in [0.2, 0.25) is 0 Å². The van der Waals surface area contributed by atoms with Gasteiger partial charge < -0.3 is 19.5 Å². The minimum Gasteiger partial charge on any atom is -0.465 e. The molecule has 2 bridgehead atoms. The number of nitrogens with zero attached hydrogens (tertiary/aromatic N) is 2. The highest BCUT2D eigenvalue weighted by molar-refractivity contribution is 5.67. The molecule has 4 heterocycles. The van der Waals surface area contributed by atoms with Crippen molar-refractivity contribution < 1.29 is 19.4 Å². The van der Waals surface area contributed by atoms with E-state index in [4.69, 9.17) is 9.47 Å². The number of aromatic nitrogens is 1. The molecular weight excluding hydrogens is 284 g/mol. The van der Waals surface area contributed by atoms with Crippen molar-refractivity contribution in [2.75, 3.05) is 7.11 Å². The van der Waals surface area contributed by atoms with Gasteiger partial charge in [-0.25, -0.2) is 4.79 Å². The van der Waals surface area contributed by atoms with E-state index in [-0.39, 0.29) is 12.1 Å². The molecule has 3 aliphatic heterocycles. The Balaban J connectivity index is 1.77. The normalized spacial score (nSPS) is 39.3. The molecule has 3 unspecified atom stereocenters. The van der Waals surface area contributed by atoms with Gasteiger partial charge in [0.25, 0.3) is 0 Å². The molecule has 0 aliphatic carbocycles. The van der Waals surface area contributed by atoms with E-state index in [1.165, 1.54) is 0 Å². The molecule has 0 aromatic carbocycles. The lowest BCUT2D eigenvalue weighted by atomic mass is 9.80. The molecular formula is C16H20N2O4. The highest BCUT2D eigenvalue weighted by Gasteiger charge is 2.59. The number of rotatable bonds is 1. The second-order valence-electron chi connectivity index (χ2n) is 6.65. The van der Waals surface area contributed by atoms with Gasteiger partial charge in [0.15, 0.2) is 5.79 Å². The molecule has 4 rings (SSSR count). The van der Waals surface area contributed by atoms with Crippen LogP contribution in [0, 0.1) is 0 Å². The first kappa shape index (κ1) is 14.0. The molecule has 6 heteroatoms. The van der Waals surface area contributed by atoms with Gasteiger partial charge in [0, 0.05) is 55.6 Å². The van der Waals surface area contributed by atoms with Crippen molar-refractivity contribution in [2.45, 2.75) is 56.1 Å². The standard InChI is InChI=1S/C16H20N2O4/c1-15(21-2)12-5-6-17-9-13(12)16(22-15)7-10-3-4-11(8-16)18(10)14(19)20/h5-6,9-11H,3-4,7-8H2,1-2H3,(H,19,20). The third-order valence-electron chi connectivity index (χ3n) is 5.55. The number of pyridine rings is 1. The van der Waals surface area contributed by atoms with E-state index in [2.05, 4.69) is 4.98 Å². The van der Waals surface area contributed by atoms with Gasteiger partial charge in [-0.15, -0.1) is 0 Å². The Kier molecular flexibility index (Phi) is 2.81. The summed E-state index contributed by atoms with van der Waals surface area (Å²) in [6.07, 6.45) is 5.94. The highest BCUT2D eigenvalue weighted by Crippen LogP contribution is 2.56. The number of ether oxygens (including phenoxy) is 2. The maximum Gasteiger partial charge on any atom is 0.407 e. The van der Waals surface area contributed by atoms with Crippen LogP contribution in [0.5, 0.6) is 0 Å². The third-order valence-corrected chi connectivity index (χ3v) is 5.55. The second-order valence-corrected chi connectivity index (χ2v) is 6.65. The first-order valence-corrected chi connectivity index (χ1v) is 7.71. The van der Waals surface area contributed by atoms with Crippen molar-refractivity contribution in [3.63, 3.8) is 0 Å². The summed E-state index contributed by atoms with van der Waals surface area (Å²) in [4.78, 5) is 17.4. The Labute approximate surface area is 129 Å². The first-order chi connectivity index (χ1) is 10.5. The average molecular weight is 304 g/mol. The maximum atomic E-state index is 11.5. The fourth-order valence-corrected chi connectivity index (χ4v) is 4.61. The van der Waals surface area contributed by atoms with E-state index in [0.29, 0.717) is 12.8 Å². The van der Waals surface area contributed by atoms with Gasteiger partial charge in [0.05, 0.1) is 0 Å². The van der Waals surface area contributed by atoms with Gasteiger partial charge in [-0.05, 0) is 25.8 Å². The molecule has 1 aromatic heterocycles. The minimum atomic E-state index is -0.818. The van der Waals surface area contributed by atoms with Crippen molar-refractivity contribution in [1.29, 1.82) is 0 Å². The van der Waals surface area contributed by atoms with Crippen LogP contribution in [0.3, 0.4) is 0 Å². The van der Waals surface area contributed by atoms with E-state index in [1.54, 1.807) is 18.2 Å². The maximum absolute atomic E-state index is 11.5. The number of carboxylic acid groups (broad SMARTS) is 1. The lowest BCUT2D eigenvalue weighted by Crippen LogP contribution is -2.52. The SMILES string of the molecule is COC1(C)OC2(CC3CCC(C2)N3C(=O)O)c2cnccc21. The van der Waals surface area contributed by atoms with Gasteiger partial charge in [-0.1, -0.05) is 0 Å². The fraction of sp³-hybridized carbons (Fsp3) is 0.625. The molecule has 1 aromatic rings. The lowest BCUT2D eigenvalue weighted by molar-refractivity contribution is -0.274. The predicted octanol–water partition coefficient (Wildman–Crippen LogP) is 2.43. The summed E-state index contributed by atoms with van der Waals surface area (Å²) in [7, 11) is 1.64. The summed E-state index contributed by atoms with van der Waals surface area (Å²) in [6.45, 7) is 1.92. The van der Waals surface area contributed by atoms with Crippen LogP contribution < -0.4 is 0 Å². The summed E-state index contributed by atoms with van der Waals surface area (Å²) in [5.41, 5.74) is 1.58. The Hall–Kier alpha value is -1.66. The Morgan fingerprint density at radius 2 is 2.09 bits per heavy atom. The van der Waals surface area contributed by atoms with Crippen LogP contribution in [-0.4, -0.2) is 40.3 Å². The molecule has 1 N–H and O–H groups in total.